The first-order valence-corrected chi connectivity index (χ1v) is 9.44. The number of H-pyrrole nitrogens is 1. The smallest absolute Gasteiger partial charge is 0.344 e. The van der Waals surface area contributed by atoms with Gasteiger partial charge in [-0.25, -0.2) is 9.78 Å². The molecule has 3 aromatic heterocycles. The molecule has 31 heavy (non-hydrogen) atoms. The van der Waals surface area contributed by atoms with Crippen LogP contribution in [0, 0.1) is 0 Å². The van der Waals surface area contributed by atoms with Gasteiger partial charge in [-0.05, 0) is 18.0 Å². The number of carboxylic acid groups (broad SMARTS) is 1. The number of fused-ring (bicyclic) bond motifs is 1. The van der Waals surface area contributed by atoms with Crippen molar-refractivity contribution in [1.29, 1.82) is 0 Å². The van der Waals surface area contributed by atoms with Gasteiger partial charge in [-0.15, -0.1) is 10.2 Å². The number of tetrazole rings is 1. The molecule has 1 saturated heterocycles. The maximum absolute atomic E-state index is 11.9. The third-order valence-corrected chi connectivity index (χ3v) is 5.25. The van der Waals surface area contributed by atoms with Crippen LogP contribution in [0.4, 0.5) is 5.82 Å². The fourth-order valence-corrected chi connectivity index (χ4v) is 3.56. The number of ether oxygens (including phenoxy) is 2. The van der Waals surface area contributed by atoms with Crippen LogP contribution in [0.25, 0.3) is 11.2 Å². The second-order valence-electron chi connectivity index (χ2n) is 6.78. The molecular formula is C15H18ClN9O6. The summed E-state index contributed by atoms with van der Waals surface area (Å²) in [5.74, 6) is -1.49. The van der Waals surface area contributed by atoms with Crippen LogP contribution >= 0.6 is 11.6 Å². The number of carbonyl (C=O) groups is 1. The van der Waals surface area contributed by atoms with Crippen LogP contribution in [-0.2, 0) is 19.9 Å². The zero-order valence-electron chi connectivity index (χ0n) is 16.0. The molecule has 4 rings (SSSR count). The zero-order valence-corrected chi connectivity index (χ0v) is 16.7. The van der Waals surface area contributed by atoms with Gasteiger partial charge in [-0.2, -0.15) is 15.2 Å². The van der Waals surface area contributed by atoms with Crippen molar-refractivity contribution in [2.75, 3.05) is 12.3 Å². The van der Waals surface area contributed by atoms with Crippen LogP contribution in [-0.4, -0.2) is 86.4 Å². The van der Waals surface area contributed by atoms with Crippen molar-refractivity contribution in [2.45, 2.75) is 43.5 Å². The van der Waals surface area contributed by atoms with E-state index in [9.17, 15) is 20.1 Å². The number of hydrogen-bond donors (Lipinski definition) is 5. The predicted octanol–water partition coefficient (Wildman–Crippen LogP) is -1.40. The lowest BCUT2D eigenvalue weighted by molar-refractivity contribution is -0.178. The first-order chi connectivity index (χ1) is 14.8. The number of anilines is 1. The van der Waals surface area contributed by atoms with Crippen LogP contribution in [0.2, 0.25) is 5.28 Å². The third-order valence-electron chi connectivity index (χ3n) is 5.08. The first kappa shape index (κ1) is 21.3. The number of aromatic nitrogens is 8. The molecule has 166 valence electrons. The maximum Gasteiger partial charge on any atom is 0.344 e. The Morgan fingerprint density at radius 1 is 1.42 bits per heavy atom. The van der Waals surface area contributed by atoms with E-state index in [1.54, 1.807) is 6.92 Å². The van der Waals surface area contributed by atoms with Gasteiger partial charge in [0.1, 0.15) is 23.8 Å². The highest BCUT2D eigenvalue weighted by Crippen LogP contribution is 2.34. The summed E-state index contributed by atoms with van der Waals surface area (Å²) in [6.45, 7) is 1.17. The van der Waals surface area contributed by atoms with E-state index in [4.69, 9.17) is 26.8 Å². The van der Waals surface area contributed by atoms with Gasteiger partial charge in [0, 0.05) is 0 Å². The summed E-state index contributed by atoms with van der Waals surface area (Å²) >= 11 is 5.86. The van der Waals surface area contributed by atoms with E-state index >= 15 is 0 Å². The molecule has 16 heteroatoms. The van der Waals surface area contributed by atoms with Crippen molar-refractivity contribution in [3.05, 3.63) is 17.4 Å². The number of halogens is 1. The van der Waals surface area contributed by atoms with E-state index in [2.05, 4.69) is 35.6 Å². The number of nitrogens with one attached hydrogen (secondary N) is 1. The summed E-state index contributed by atoms with van der Waals surface area (Å²) in [5.41, 5.74) is 4.29. The Bertz CT molecular complexity index is 1090. The summed E-state index contributed by atoms with van der Waals surface area (Å²) in [5, 5.41) is 43.6. The molecule has 0 aromatic carbocycles. The number of nitrogens with zero attached hydrogens (tertiary/aromatic N) is 7. The van der Waals surface area contributed by atoms with Crippen molar-refractivity contribution in [1.82, 2.24) is 40.1 Å². The highest BCUT2D eigenvalue weighted by molar-refractivity contribution is 6.28. The second-order valence-corrected chi connectivity index (χ2v) is 7.12. The Morgan fingerprint density at radius 3 is 2.84 bits per heavy atom. The average molecular weight is 456 g/mol. The normalized spacial score (nSPS) is 25.7. The van der Waals surface area contributed by atoms with Gasteiger partial charge >= 0.3 is 5.97 Å². The fraction of sp³-hybridized carbons (Fsp3) is 0.533. The van der Waals surface area contributed by atoms with Crippen LogP contribution < -0.4 is 5.73 Å². The standard InChI is InChI=1S/C15H18ClN9O6/c1-2-15(13(28)29,12-21-23-24-22-12)30-3-5-7(26)8(27)11(31-5)25-4-18-6-9(17)19-14(16)20-10(6)25/h4-5,7-8,11,26-27H,2-3H2,1H3,(H,28,29)(H2,17,19,20)(H,21,22,23,24)/t5-,7+,8-,11-,15?/m1/s1. The molecule has 6 N–H and O–H groups in total. The minimum Gasteiger partial charge on any atom is -0.479 e. The molecule has 0 aliphatic carbocycles. The number of hydrogen-bond acceptors (Lipinski definition) is 12. The van der Waals surface area contributed by atoms with Crippen LogP contribution in [0.3, 0.4) is 0 Å². The number of aliphatic hydroxyl groups is 2. The van der Waals surface area contributed by atoms with Gasteiger partial charge < -0.3 is 30.5 Å². The summed E-state index contributed by atoms with van der Waals surface area (Å²) < 4.78 is 12.7. The quantitative estimate of drug-likeness (QED) is 0.259. The summed E-state index contributed by atoms with van der Waals surface area (Å²) in [4.78, 5) is 23.9. The molecule has 3 aromatic rings. The minimum atomic E-state index is -1.92. The van der Waals surface area contributed by atoms with E-state index in [1.807, 2.05) is 0 Å². The monoisotopic (exact) mass is 455 g/mol. The topological polar surface area (TPSA) is 220 Å². The van der Waals surface area contributed by atoms with E-state index in [0.717, 1.165) is 0 Å². The molecule has 5 atom stereocenters. The van der Waals surface area contributed by atoms with E-state index < -0.39 is 42.7 Å². The first-order valence-electron chi connectivity index (χ1n) is 9.07. The van der Waals surface area contributed by atoms with E-state index in [1.165, 1.54) is 10.9 Å². The molecule has 0 amide bonds. The highest BCUT2D eigenvalue weighted by Gasteiger charge is 2.49. The average Bonchev–Trinajstić information content (AvgIpc) is 3.45. The van der Waals surface area contributed by atoms with Crippen LogP contribution in [0.15, 0.2) is 6.33 Å². The largest absolute Gasteiger partial charge is 0.479 e. The maximum atomic E-state index is 11.9. The fourth-order valence-electron chi connectivity index (χ4n) is 3.38. The summed E-state index contributed by atoms with van der Waals surface area (Å²) in [7, 11) is 0. The van der Waals surface area contributed by atoms with Gasteiger partial charge in [0.05, 0.1) is 12.9 Å². The molecule has 0 saturated carbocycles. The number of aliphatic hydroxyl groups excluding tert-OH is 2. The molecule has 1 fully saturated rings. The van der Waals surface area contributed by atoms with Crippen molar-refractivity contribution < 1.29 is 29.6 Å². The minimum absolute atomic E-state index is 0.0302. The lowest BCUT2D eigenvalue weighted by atomic mass is 9.99. The Hall–Kier alpha value is -2.98. The zero-order chi connectivity index (χ0) is 22.3. The number of rotatable bonds is 7. The van der Waals surface area contributed by atoms with Gasteiger partial charge in [0.2, 0.25) is 16.7 Å². The molecule has 0 radical (unpaired) electrons. The predicted molar refractivity (Wildman–Crippen MR) is 100 cm³/mol. The number of aromatic amines is 1. The van der Waals surface area contributed by atoms with Crippen molar-refractivity contribution in [2.24, 2.45) is 0 Å². The molecule has 0 spiro atoms. The van der Waals surface area contributed by atoms with Crippen molar-refractivity contribution >= 4 is 34.6 Å². The molecule has 15 nitrogen and oxygen atoms in total. The number of nitrogens with two attached hydrogens (primary N) is 1. The lowest BCUT2D eigenvalue weighted by Gasteiger charge is -2.27. The number of aliphatic carboxylic acids is 1. The Balaban J connectivity index is 1.58. The molecule has 0 bridgehead atoms. The van der Waals surface area contributed by atoms with E-state index in [-0.39, 0.29) is 34.5 Å². The van der Waals surface area contributed by atoms with Gasteiger partial charge in [-0.1, -0.05) is 12.1 Å². The summed E-state index contributed by atoms with van der Waals surface area (Å²) in [6.07, 6.45) is -3.76. The number of nitrogen functional groups attached to an aromatic ring is 1. The second kappa shape index (κ2) is 7.93. The van der Waals surface area contributed by atoms with Crippen molar-refractivity contribution in [3.63, 3.8) is 0 Å². The molecule has 4 heterocycles. The van der Waals surface area contributed by atoms with Gasteiger partial charge in [0.25, 0.3) is 0 Å². The van der Waals surface area contributed by atoms with Crippen LogP contribution in [0.1, 0.15) is 25.4 Å². The Morgan fingerprint density at radius 2 is 2.19 bits per heavy atom. The van der Waals surface area contributed by atoms with E-state index in [0.29, 0.717) is 0 Å². The van der Waals surface area contributed by atoms with Gasteiger partial charge in [-0.3, -0.25) is 4.57 Å². The Labute approximate surface area is 178 Å². The Kier molecular flexibility index (Phi) is 5.44. The van der Waals surface area contributed by atoms with Crippen molar-refractivity contribution in [3.8, 4) is 0 Å². The number of carboxylic acids is 1. The molecule has 1 aliphatic rings. The number of imidazole rings is 1. The molecule has 1 unspecified atom stereocenters. The van der Waals surface area contributed by atoms with Gasteiger partial charge in [0.15, 0.2) is 17.7 Å². The molecule has 1 aliphatic heterocycles. The lowest BCUT2D eigenvalue weighted by Crippen LogP contribution is -2.43. The highest BCUT2D eigenvalue weighted by atomic mass is 35.5. The SMILES string of the molecule is CCC(OC[C@H]1O[C@@H](n2cnc3c(N)nc(Cl)nc32)[C@H](O)[C@H]1O)(C(=O)O)c1nn[nH]n1. The molecular weight excluding hydrogens is 438 g/mol. The summed E-state index contributed by atoms with van der Waals surface area (Å²) in [6, 6.07) is 0. The third kappa shape index (κ3) is 3.45. The van der Waals surface area contributed by atoms with Crippen LogP contribution in [0.5, 0.6) is 0 Å².